The number of hydrogen-bond acceptors (Lipinski definition) is 5. The third-order valence-electron chi connectivity index (χ3n) is 3.30. The maximum Gasteiger partial charge on any atom is 0.262 e. The normalized spacial score (nSPS) is 10.5. The molecule has 1 amide bonds. The Kier molecular flexibility index (Phi) is 4.95. The zero-order chi connectivity index (χ0) is 17.8. The van der Waals surface area contributed by atoms with Crippen molar-refractivity contribution in [3.05, 3.63) is 59.1 Å². The Bertz CT molecular complexity index is 875. The second-order valence-electron chi connectivity index (χ2n) is 5.40. The van der Waals surface area contributed by atoms with Gasteiger partial charge in [-0.15, -0.1) is 0 Å². The Balaban J connectivity index is 1.58. The van der Waals surface area contributed by atoms with E-state index in [0.29, 0.717) is 22.4 Å². The zero-order valence-electron chi connectivity index (χ0n) is 13.7. The highest BCUT2D eigenvalue weighted by Crippen LogP contribution is 2.15. The molecule has 8 heteroatoms. The van der Waals surface area contributed by atoms with Crippen LogP contribution in [0.1, 0.15) is 11.4 Å². The van der Waals surface area contributed by atoms with Crippen molar-refractivity contribution in [1.29, 1.82) is 0 Å². The largest absolute Gasteiger partial charge is 0.484 e. The fourth-order valence-corrected chi connectivity index (χ4v) is 2.33. The number of nitrogens with zero attached hydrogens (tertiary/aromatic N) is 4. The summed E-state index contributed by atoms with van der Waals surface area (Å²) in [6.07, 6.45) is 3.05. The molecule has 0 atom stereocenters. The molecule has 0 radical (unpaired) electrons. The number of rotatable bonds is 5. The number of ether oxygens (including phenoxy) is 1. The summed E-state index contributed by atoms with van der Waals surface area (Å²) in [5, 5.41) is 7.60. The first kappa shape index (κ1) is 16.9. The summed E-state index contributed by atoms with van der Waals surface area (Å²) in [4.78, 5) is 20.4. The Morgan fingerprint density at radius 3 is 2.48 bits per heavy atom. The lowest BCUT2D eigenvalue weighted by molar-refractivity contribution is -0.118. The average molecular weight is 358 g/mol. The molecule has 0 aliphatic rings. The Morgan fingerprint density at radius 1 is 1.20 bits per heavy atom. The molecule has 0 unspecified atom stereocenters. The van der Waals surface area contributed by atoms with Gasteiger partial charge in [0.2, 0.25) is 0 Å². The van der Waals surface area contributed by atoms with E-state index in [4.69, 9.17) is 16.3 Å². The summed E-state index contributed by atoms with van der Waals surface area (Å²) in [6, 6.07) is 8.72. The predicted octanol–water partition coefficient (Wildman–Crippen LogP) is 2.95. The summed E-state index contributed by atoms with van der Waals surface area (Å²) < 4.78 is 7.02. The Hall–Kier alpha value is -2.93. The average Bonchev–Trinajstić information content (AvgIpc) is 2.93. The van der Waals surface area contributed by atoms with E-state index >= 15 is 0 Å². The van der Waals surface area contributed by atoms with Crippen LogP contribution in [0.25, 0.3) is 5.95 Å². The zero-order valence-corrected chi connectivity index (χ0v) is 14.5. The number of carbonyl (C=O) groups excluding carboxylic acids is 1. The van der Waals surface area contributed by atoms with Gasteiger partial charge in [0.1, 0.15) is 5.75 Å². The van der Waals surface area contributed by atoms with Crippen LogP contribution in [0.15, 0.2) is 42.7 Å². The lowest BCUT2D eigenvalue weighted by Gasteiger charge is -2.08. The van der Waals surface area contributed by atoms with Crippen LogP contribution >= 0.6 is 11.6 Å². The highest BCUT2D eigenvalue weighted by molar-refractivity contribution is 6.30. The topological polar surface area (TPSA) is 81.9 Å². The van der Waals surface area contributed by atoms with Crippen LogP contribution in [0.3, 0.4) is 0 Å². The van der Waals surface area contributed by atoms with Crippen molar-refractivity contribution in [2.45, 2.75) is 13.8 Å². The van der Waals surface area contributed by atoms with E-state index in [1.54, 1.807) is 28.9 Å². The maximum atomic E-state index is 11.9. The second kappa shape index (κ2) is 7.31. The first-order chi connectivity index (χ1) is 12.0. The Labute approximate surface area is 149 Å². The standard InChI is InChI=1S/C17H16ClN5O2/c1-11-7-12(2)23(22-11)17-19-8-14(9-20-17)21-16(24)10-25-15-5-3-13(18)4-6-15/h3-9H,10H2,1-2H3,(H,21,24). The second-order valence-corrected chi connectivity index (χ2v) is 5.84. The highest BCUT2D eigenvalue weighted by Gasteiger charge is 2.08. The lowest BCUT2D eigenvalue weighted by atomic mass is 10.3. The fourth-order valence-electron chi connectivity index (χ4n) is 2.20. The molecule has 3 aromatic rings. The number of halogens is 1. The molecule has 0 aliphatic carbocycles. The number of hydrogen-bond donors (Lipinski definition) is 1. The van der Waals surface area contributed by atoms with Crippen LogP contribution in [0.2, 0.25) is 5.02 Å². The van der Waals surface area contributed by atoms with Crippen molar-refractivity contribution < 1.29 is 9.53 Å². The molecule has 25 heavy (non-hydrogen) atoms. The van der Waals surface area contributed by atoms with E-state index in [2.05, 4.69) is 20.4 Å². The van der Waals surface area contributed by atoms with E-state index in [1.807, 2.05) is 19.9 Å². The van der Waals surface area contributed by atoms with Crippen molar-refractivity contribution in [1.82, 2.24) is 19.7 Å². The minimum Gasteiger partial charge on any atom is -0.484 e. The minimum atomic E-state index is -0.308. The molecule has 128 valence electrons. The molecule has 2 aromatic heterocycles. The highest BCUT2D eigenvalue weighted by atomic mass is 35.5. The van der Waals surface area contributed by atoms with E-state index in [9.17, 15) is 4.79 Å². The van der Waals surface area contributed by atoms with Crippen LogP contribution < -0.4 is 10.1 Å². The van der Waals surface area contributed by atoms with E-state index < -0.39 is 0 Å². The van der Waals surface area contributed by atoms with E-state index in [0.717, 1.165) is 11.4 Å². The molecule has 0 spiro atoms. The van der Waals surface area contributed by atoms with Gasteiger partial charge in [-0.2, -0.15) is 5.10 Å². The number of anilines is 1. The monoisotopic (exact) mass is 357 g/mol. The number of carbonyl (C=O) groups is 1. The first-order valence-corrected chi connectivity index (χ1v) is 7.93. The molecule has 0 fully saturated rings. The summed E-state index contributed by atoms with van der Waals surface area (Å²) in [5.74, 6) is 0.703. The van der Waals surface area contributed by atoms with Gasteiger partial charge in [-0.1, -0.05) is 11.6 Å². The van der Waals surface area contributed by atoms with Crippen LogP contribution in [0.5, 0.6) is 5.75 Å². The molecule has 0 saturated carbocycles. The minimum absolute atomic E-state index is 0.124. The fraction of sp³-hybridized carbons (Fsp3) is 0.176. The van der Waals surface area contributed by atoms with Crippen LogP contribution in [-0.4, -0.2) is 32.3 Å². The third kappa shape index (κ3) is 4.33. The summed E-state index contributed by atoms with van der Waals surface area (Å²) >= 11 is 5.79. The molecule has 1 N–H and O–H groups in total. The van der Waals surface area contributed by atoms with Gasteiger partial charge in [0.25, 0.3) is 11.9 Å². The lowest BCUT2D eigenvalue weighted by Crippen LogP contribution is -2.20. The molecule has 0 saturated heterocycles. The molecule has 0 bridgehead atoms. The van der Waals surface area contributed by atoms with Gasteiger partial charge >= 0.3 is 0 Å². The number of amides is 1. The van der Waals surface area contributed by atoms with Crippen molar-refractivity contribution in [2.75, 3.05) is 11.9 Å². The molecular formula is C17H16ClN5O2. The predicted molar refractivity (Wildman–Crippen MR) is 94.2 cm³/mol. The quantitative estimate of drug-likeness (QED) is 0.759. The van der Waals surface area contributed by atoms with Gasteiger partial charge < -0.3 is 10.1 Å². The van der Waals surface area contributed by atoms with Gasteiger partial charge in [0.15, 0.2) is 6.61 Å². The molecular weight excluding hydrogens is 342 g/mol. The van der Waals surface area contributed by atoms with Crippen LogP contribution in [0.4, 0.5) is 5.69 Å². The molecule has 3 rings (SSSR count). The van der Waals surface area contributed by atoms with Gasteiger partial charge in [-0.3, -0.25) is 4.79 Å². The molecule has 7 nitrogen and oxygen atoms in total. The van der Waals surface area contributed by atoms with Gasteiger partial charge in [0, 0.05) is 10.7 Å². The number of aromatic nitrogens is 4. The Morgan fingerprint density at radius 2 is 1.88 bits per heavy atom. The van der Waals surface area contributed by atoms with Crippen molar-refractivity contribution in [3.8, 4) is 11.7 Å². The molecule has 0 aliphatic heterocycles. The molecule has 1 aromatic carbocycles. The maximum absolute atomic E-state index is 11.9. The SMILES string of the molecule is Cc1cc(C)n(-c2ncc(NC(=O)COc3ccc(Cl)cc3)cn2)n1. The van der Waals surface area contributed by atoms with Gasteiger partial charge in [-0.25, -0.2) is 14.6 Å². The van der Waals surface area contributed by atoms with E-state index in [-0.39, 0.29) is 12.5 Å². The summed E-state index contributed by atoms with van der Waals surface area (Å²) in [5.41, 5.74) is 2.30. The van der Waals surface area contributed by atoms with Gasteiger partial charge in [-0.05, 0) is 44.2 Å². The summed E-state index contributed by atoms with van der Waals surface area (Å²) in [7, 11) is 0. The van der Waals surface area contributed by atoms with Gasteiger partial charge in [0.05, 0.1) is 23.8 Å². The van der Waals surface area contributed by atoms with E-state index in [1.165, 1.54) is 12.4 Å². The smallest absolute Gasteiger partial charge is 0.262 e. The number of benzene rings is 1. The van der Waals surface area contributed by atoms with Crippen LogP contribution in [-0.2, 0) is 4.79 Å². The van der Waals surface area contributed by atoms with Crippen molar-refractivity contribution in [3.63, 3.8) is 0 Å². The third-order valence-corrected chi connectivity index (χ3v) is 3.56. The number of aryl methyl sites for hydroxylation is 2. The molecule has 2 heterocycles. The number of nitrogens with one attached hydrogen (secondary N) is 1. The summed E-state index contributed by atoms with van der Waals surface area (Å²) in [6.45, 7) is 3.70. The van der Waals surface area contributed by atoms with Crippen molar-refractivity contribution >= 4 is 23.2 Å². The first-order valence-electron chi connectivity index (χ1n) is 7.55. The van der Waals surface area contributed by atoms with Crippen molar-refractivity contribution in [2.24, 2.45) is 0 Å². The van der Waals surface area contributed by atoms with Crippen LogP contribution in [0, 0.1) is 13.8 Å².